The molecular formula is C18H22FNO. The largest absolute Gasteiger partial charge is 0.489 e. The van der Waals surface area contributed by atoms with E-state index < -0.39 is 0 Å². The first-order valence-corrected chi connectivity index (χ1v) is 7.34. The molecule has 0 aliphatic carbocycles. The van der Waals surface area contributed by atoms with Gasteiger partial charge in [-0.05, 0) is 53.3 Å². The molecule has 2 nitrogen and oxygen atoms in total. The molecule has 21 heavy (non-hydrogen) atoms. The van der Waals surface area contributed by atoms with Gasteiger partial charge in [0.1, 0.15) is 18.2 Å². The van der Waals surface area contributed by atoms with Gasteiger partial charge in [-0.2, -0.15) is 0 Å². The van der Waals surface area contributed by atoms with Crippen LogP contribution in [0.4, 0.5) is 4.39 Å². The van der Waals surface area contributed by atoms with Crippen LogP contribution in [0.25, 0.3) is 0 Å². The van der Waals surface area contributed by atoms with Crippen molar-refractivity contribution in [1.29, 1.82) is 0 Å². The fourth-order valence-corrected chi connectivity index (χ4v) is 2.22. The van der Waals surface area contributed by atoms with Crippen LogP contribution in [-0.2, 0) is 13.2 Å². The van der Waals surface area contributed by atoms with Gasteiger partial charge in [-0.25, -0.2) is 4.39 Å². The zero-order valence-electron chi connectivity index (χ0n) is 12.6. The molecular weight excluding hydrogens is 265 g/mol. The van der Waals surface area contributed by atoms with E-state index in [1.54, 1.807) is 6.07 Å². The highest BCUT2D eigenvalue weighted by Gasteiger charge is 2.06. The number of hydrogen-bond donors (Lipinski definition) is 1. The summed E-state index contributed by atoms with van der Waals surface area (Å²) in [5.41, 5.74) is 8.67. The molecule has 0 heterocycles. The molecule has 0 saturated heterocycles. The van der Waals surface area contributed by atoms with Crippen LogP contribution in [0.15, 0.2) is 42.5 Å². The van der Waals surface area contributed by atoms with Crippen molar-refractivity contribution in [3.05, 3.63) is 65.0 Å². The lowest BCUT2D eigenvalue weighted by atomic mass is 9.99. The summed E-state index contributed by atoms with van der Waals surface area (Å²) in [5, 5.41) is 0. The Hall–Kier alpha value is -1.87. The summed E-state index contributed by atoms with van der Waals surface area (Å²) in [5.74, 6) is 1.07. The maximum absolute atomic E-state index is 13.3. The van der Waals surface area contributed by atoms with Gasteiger partial charge in [-0.15, -0.1) is 0 Å². The number of nitrogens with two attached hydrogens (primary N) is 1. The first kappa shape index (κ1) is 15.5. The van der Waals surface area contributed by atoms with E-state index in [1.165, 1.54) is 17.7 Å². The summed E-state index contributed by atoms with van der Waals surface area (Å²) in [6.07, 6.45) is 1.11. The second kappa shape index (κ2) is 7.23. The maximum atomic E-state index is 13.3. The highest BCUT2D eigenvalue weighted by Crippen LogP contribution is 2.22. The third-order valence-electron chi connectivity index (χ3n) is 3.84. The number of hydrogen-bond acceptors (Lipinski definition) is 2. The fraction of sp³-hybridized carbons (Fsp3) is 0.333. The Morgan fingerprint density at radius 3 is 2.43 bits per heavy atom. The van der Waals surface area contributed by atoms with E-state index in [-0.39, 0.29) is 5.82 Å². The molecule has 0 aromatic heterocycles. The summed E-state index contributed by atoms with van der Waals surface area (Å²) in [4.78, 5) is 0. The quantitative estimate of drug-likeness (QED) is 0.856. The SMILES string of the molecule is CCC(C)c1ccc(OCc2cc(F)ccc2CN)cc1. The molecule has 2 aromatic rings. The second-order valence-corrected chi connectivity index (χ2v) is 5.28. The van der Waals surface area contributed by atoms with E-state index in [9.17, 15) is 4.39 Å². The van der Waals surface area contributed by atoms with Crippen LogP contribution in [0.5, 0.6) is 5.75 Å². The van der Waals surface area contributed by atoms with Gasteiger partial charge in [-0.3, -0.25) is 0 Å². The lowest BCUT2D eigenvalue weighted by molar-refractivity contribution is 0.304. The minimum Gasteiger partial charge on any atom is -0.489 e. The first-order chi connectivity index (χ1) is 10.1. The van der Waals surface area contributed by atoms with Crippen LogP contribution >= 0.6 is 0 Å². The molecule has 0 fully saturated rings. The topological polar surface area (TPSA) is 35.2 Å². The van der Waals surface area contributed by atoms with Crippen molar-refractivity contribution in [2.75, 3.05) is 0 Å². The molecule has 1 unspecified atom stereocenters. The van der Waals surface area contributed by atoms with Gasteiger partial charge in [-0.1, -0.05) is 32.0 Å². The molecule has 2 rings (SSSR count). The molecule has 1 atom stereocenters. The lowest BCUT2D eigenvalue weighted by Crippen LogP contribution is -2.05. The van der Waals surface area contributed by atoms with Crippen LogP contribution < -0.4 is 10.5 Å². The summed E-state index contributed by atoms with van der Waals surface area (Å²) in [6, 6.07) is 12.7. The minimum absolute atomic E-state index is 0.266. The molecule has 0 bridgehead atoms. The summed E-state index contributed by atoms with van der Waals surface area (Å²) >= 11 is 0. The van der Waals surface area contributed by atoms with Crippen molar-refractivity contribution in [1.82, 2.24) is 0 Å². The molecule has 112 valence electrons. The van der Waals surface area contributed by atoms with Gasteiger partial charge in [0, 0.05) is 6.54 Å². The average molecular weight is 287 g/mol. The van der Waals surface area contributed by atoms with E-state index in [0.29, 0.717) is 19.1 Å². The second-order valence-electron chi connectivity index (χ2n) is 5.28. The van der Waals surface area contributed by atoms with E-state index in [2.05, 4.69) is 26.0 Å². The molecule has 2 N–H and O–H groups in total. The summed E-state index contributed by atoms with van der Waals surface area (Å²) in [7, 11) is 0. The number of ether oxygens (including phenoxy) is 1. The maximum Gasteiger partial charge on any atom is 0.123 e. The van der Waals surface area contributed by atoms with Gasteiger partial charge in [0.05, 0.1) is 0 Å². The minimum atomic E-state index is -0.266. The van der Waals surface area contributed by atoms with E-state index in [1.807, 2.05) is 12.1 Å². The Balaban J connectivity index is 2.04. The molecule has 2 aromatic carbocycles. The molecule has 0 saturated carbocycles. The Kier molecular flexibility index (Phi) is 5.34. The van der Waals surface area contributed by atoms with E-state index in [0.717, 1.165) is 23.3 Å². The van der Waals surface area contributed by atoms with Crippen LogP contribution in [0.2, 0.25) is 0 Å². The normalized spacial score (nSPS) is 12.2. The lowest BCUT2D eigenvalue weighted by Gasteiger charge is -2.12. The molecule has 0 aliphatic heterocycles. The number of halogens is 1. The van der Waals surface area contributed by atoms with Gasteiger partial charge >= 0.3 is 0 Å². The molecule has 3 heteroatoms. The molecule has 0 aliphatic rings. The summed E-state index contributed by atoms with van der Waals surface area (Å²) < 4.78 is 19.0. The third-order valence-corrected chi connectivity index (χ3v) is 3.84. The monoisotopic (exact) mass is 287 g/mol. The predicted molar refractivity (Wildman–Crippen MR) is 83.8 cm³/mol. The highest BCUT2D eigenvalue weighted by molar-refractivity contribution is 5.31. The Morgan fingerprint density at radius 1 is 1.10 bits per heavy atom. The van der Waals surface area contributed by atoms with Gasteiger partial charge in [0.2, 0.25) is 0 Å². The summed E-state index contributed by atoms with van der Waals surface area (Å²) in [6.45, 7) is 5.09. The fourth-order valence-electron chi connectivity index (χ4n) is 2.22. The van der Waals surface area contributed by atoms with Crippen molar-refractivity contribution in [3.8, 4) is 5.75 Å². The zero-order valence-corrected chi connectivity index (χ0v) is 12.6. The smallest absolute Gasteiger partial charge is 0.123 e. The van der Waals surface area contributed by atoms with E-state index >= 15 is 0 Å². The predicted octanol–water partition coefficient (Wildman–Crippen LogP) is 4.38. The van der Waals surface area contributed by atoms with Crippen LogP contribution in [0, 0.1) is 5.82 Å². The van der Waals surface area contributed by atoms with E-state index in [4.69, 9.17) is 10.5 Å². The van der Waals surface area contributed by atoms with Gasteiger partial charge < -0.3 is 10.5 Å². The van der Waals surface area contributed by atoms with Crippen molar-refractivity contribution >= 4 is 0 Å². The van der Waals surface area contributed by atoms with Crippen molar-refractivity contribution in [2.45, 2.75) is 39.3 Å². The van der Waals surface area contributed by atoms with Gasteiger partial charge in [0.25, 0.3) is 0 Å². The number of rotatable bonds is 6. The Bertz CT molecular complexity index is 580. The van der Waals surface area contributed by atoms with Crippen LogP contribution in [0.3, 0.4) is 0 Å². The number of benzene rings is 2. The Morgan fingerprint density at radius 2 is 1.81 bits per heavy atom. The molecule has 0 radical (unpaired) electrons. The van der Waals surface area contributed by atoms with Crippen LogP contribution in [-0.4, -0.2) is 0 Å². The zero-order chi connectivity index (χ0) is 15.2. The van der Waals surface area contributed by atoms with Crippen molar-refractivity contribution in [2.24, 2.45) is 5.73 Å². The molecule has 0 spiro atoms. The highest BCUT2D eigenvalue weighted by atomic mass is 19.1. The Labute approximate surface area is 125 Å². The third kappa shape index (κ3) is 4.05. The van der Waals surface area contributed by atoms with Gasteiger partial charge in [0.15, 0.2) is 0 Å². The van der Waals surface area contributed by atoms with Crippen LogP contribution in [0.1, 0.15) is 42.9 Å². The molecule has 0 amide bonds. The first-order valence-electron chi connectivity index (χ1n) is 7.34. The van der Waals surface area contributed by atoms with Crippen molar-refractivity contribution < 1.29 is 9.13 Å². The van der Waals surface area contributed by atoms with Crippen molar-refractivity contribution in [3.63, 3.8) is 0 Å². The average Bonchev–Trinajstić information content (AvgIpc) is 2.52. The standard InChI is InChI=1S/C18H22FNO/c1-3-13(2)14-5-8-18(9-6-14)21-12-16-10-17(19)7-4-15(16)11-20/h4-10,13H,3,11-12,20H2,1-2H3.